The Balaban J connectivity index is 3.88. The molecular weight excluding hydrogens is 184 g/mol. The average Bonchev–Trinajstić information content (AvgIpc) is 1.98. The highest BCUT2D eigenvalue weighted by Crippen LogP contribution is 1.85. The van der Waals surface area contributed by atoms with Crippen molar-refractivity contribution in [3.8, 4) is 0 Å². The van der Waals surface area contributed by atoms with Crippen molar-refractivity contribution in [2.24, 2.45) is 0 Å². The van der Waals surface area contributed by atoms with E-state index in [1.165, 1.54) is 0 Å². The molecule has 0 aromatic carbocycles. The lowest BCUT2D eigenvalue weighted by Gasteiger charge is -2.17. The highest BCUT2D eigenvalue weighted by molar-refractivity contribution is 5.93. The van der Waals surface area contributed by atoms with Gasteiger partial charge in [0.25, 0.3) is 0 Å². The summed E-state index contributed by atoms with van der Waals surface area (Å²) in [6, 6.07) is -0.00375. The van der Waals surface area contributed by atoms with E-state index in [9.17, 15) is 9.59 Å². The molecule has 0 fully saturated rings. The van der Waals surface area contributed by atoms with Gasteiger partial charge in [-0.05, 0) is 21.0 Å². The lowest BCUT2D eigenvalue weighted by Crippen LogP contribution is -2.38. The van der Waals surface area contributed by atoms with E-state index in [2.05, 4.69) is 5.32 Å². The second-order valence-electron chi connectivity index (χ2n) is 3.34. The van der Waals surface area contributed by atoms with Gasteiger partial charge < -0.3 is 15.3 Å². The molecule has 80 valence electrons. The molecule has 0 spiro atoms. The molecule has 0 aromatic rings. The summed E-state index contributed by atoms with van der Waals surface area (Å²) in [5.74, 6) is -1.51. The summed E-state index contributed by atoms with van der Waals surface area (Å²) in [4.78, 5) is 23.1. The lowest BCUT2D eigenvalue weighted by molar-refractivity contribution is -0.131. The summed E-state index contributed by atoms with van der Waals surface area (Å²) in [6.45, 7) is 2.57. The molecule has 0 rings (SSSR count). The third-order valence-corrected chi connectivity index (χ3v) is 1.40. The standard InChI is InChI=1S/C9H16N2O3/c1-7(6-11(2)3)10-8(12)4-5-9(13)14/h4-5,7H,6H2,1-3H3,(H,10,12)(H,13,14)/b5-4+. The fourth-order valence-corrected chi connectivity index (χ4v) is 1.03. The van der Waals surface area contributed by atoms with Crippen LogP contribution in [0.2, 0.25) is 0 Å². The summed E-state index contributed by atoms with van der Waals surface area (Å²) in [5, 5.41) is 10.9. The predicted molar refractivity (Wildman–Crippen MR) is 52.9 cm³/mol. The van der Waals surface area contributed by atoms with E-state index in [1.807, 2.05) is 25.9 Å². The Labute approximate surface area is 83.4 Å². The first-order valence-electron chi connectivity index (χ1n) is 4.28. The van der Waals surface area contributed by atoms with Gasteiger partial charge in [0.1, 0.15) is 0 Å². The number of aliphatic carboxylic acids is 1. The molecule has 1 unspecified atom stereocenters. The van der Waals surface area contributed by atoms with Crippen molar-refractivity contribution in [1.82, 2.24) is 10.2 Å². The minimum absolute atomic E-state index is 0.00375. The highest BCUT2D eigenvalue weighted by Gasteiger charge is 2.05. The molecule has 0 bridgehead atoms. The number of rotatable bonds is 5. The Kier molecular flexibility index (Phi) is 5.55. The Morgan fingerprint density at radius 3 is 2.43 bits per heavy atom. The van der Waals surface area contributed by atoms with Gasteiger partial charge in [0.2, 0.25) is 5.91 Å². The number of amides is 1. The topological polar surface area (TPSA) is 69.6 Å². The largest absolute Gasteiger partial charge is 0.478 e. The van der Waals surface area contributed by atoms with Crippen LogP contribution in [0.15, 0.2) is 12.2 Å². The van der Waals surface area contributed by atoms with Crippen LogP contribution in [0, 0.1) is 0 Å². The SMILES string of the molecule is CC(CN(C)C)NC(=O)/C=C/C(=O)O. The van der Waals surface area contributed by atoms with E-state index >= 15 is 0 Å². The summed E-state index contributed by atoms with van der Waals surface area (Å²) < 4.78 is 0. The van der Waals surface area contributed by atoms with Crippen LogP contribution in [0.1, 0.15) is 6.92 Å². The summed E-state index contributed by atoms with van der Waals surface area (Å²) >= 11 is 0. The smallest absolute Gasteiger partial charge is 0.328 e. The second kappa shape index (κ2) is 6.15. The monoisotopic (exact) mass is 200 g/mol. The number of nitrogens with one attached hydrogen (secondary N) is 1. The molecule has 1 atom stereocenters. The van der Waals surface area contributed by atoms with Gasteiger partial charge >= 0.3 is 5.97 Å². The van der Waals surface area contributed by atoms with E-state index in [0.29, 0.717) is 6.54 Å². The third-order valence-electron chi connectivity index (χ3n) is 1.40. The maximum absolute atomic E-state index is 11.1. The fraction of sp³-hybridized carbons (Fsp3) is 0.556. The Morgan fingerprint density at radius 1 is 1.43 bits per heavy atom. The Bertz CT molecular complexity index is 236. The zero-order valence-corrected chi connectivity index (χ0v) is 8.65. The maximum atomic E-state index is 11.1. The van der Waals surface area contributed by atoms with Crippen LogP contribution in [0.5, 0.6) is 0 Å². The molecule has 0 saturated heterocycles. The second-order valence-corrected chi connectivity index (χ2v) is 3.34. The number of likely N-dealkylation sites (N-methyl/N-ethyl adjacent to an activating group) is 1. The van der Waals surface area contributed by atoms with Crippen molar-refractivity contribution < 1.29 is 14.7 Å². The van der Waals surface area contributed by atoms with Crippen LogP contribution in [0.25, 0.3) is 0 Å². The molecular formula is C9H16N2O3. The lowest BCUT2D eigenvalue weighted by atomic mass is 10.3. The molecule has 0 heterocycles. The average molecular weight is 200 g/mol. The first-order chi connectivity index (χ1) is 6.41. The zero-order valence-electron chi connectivity index (χ0n) is 8.65. The van der Waals surface area contributed by atoms with E-state index in [1.54, 1.807) is 0 Å². The van der Waals surface area contributed by atoms with Gasteiger partial charge in [-0.25, -0.2) is 4.79 Å². The summed E-state index contributed by atoms with van der Waals surface area (Å²) in [5.41, 5.74) is 0. The molecule has 1 amide bonds. The molecule has 2 N–H and O–H groups in total. The number of hydrogen-bond donors (Lipinski definition) is 2. The zero-order chi connectivity index (χ0) is 11.1. The van der Waals surface area contributed by atoms with Crippen molar-refractivity contribution in [2.75, 3.05) is 20.6 Å². The predicted octanol–water partition coefficient (Wildman–Crippen LogP) is -0.306. The van der Waals surface area contributed by atoms with E-state index < -0.39 is 5.97 Å². The highest BCUT2D eigenvalue weighted by atomic mass is 16.4. The maximum Gasteiger partial charge on any atom is 0.328 e. The van der Waals surface area contributed by atoms with E-state index in [4.69, 9.17) is 5.11 Å². The fourth-order valence-electron chi connectivity index (χ4n) is 1.03. The molecule has 0 aliphatic heterocycles. The number of carbonyl (C=O) groups is 2. The van der Waals surface area contributed by atoms with Crippen LogP contribution < -0.4 is 5.32 Å². The van der Waals surface area contributed by atoms with Crippen molar-refractivity contribution in [1.29, 1.82) is 0 Å². The number of hydrogen-bond acceptors (Lipinski definition) is 3. The molecule has 5 nitrogen and oxygen atoms in total. The normalized spacial score (nSPS) is 13.1. The van der Waals surface area contributed by atoms with Crippen LogP contribution >= 0.6 is 0 Å². The van der Waals surface area contributed by atoms with Gasteiger partial charge in [0.15, 0.2) is 0 Å². The van der Waals surface area contributed by atoms with Crippen LogP contribution in [-0.2, 0) is 9.59 Å². The number of carboxylic acid groups (broad SMARTS) is 1. The van der Waals surface area contributed by atoms with Crippen molar-refractivity contribution in [3.05, 3.63) is 12.2 Å². The van der Waals surface area contributed by atoms with Crippen LogP contribution in [0.3, 0.4) is 0 Å². The first kappa shape index (κ1) is 12.6. The first-order valence-corrected chi connectivity index (χ1v) is 4.28. The summed E-state index contributed by atoms with van der Waals surface area (Å²) in [6.07, 6.45) is 1.83. The van der Waals surface area contributed by atoms with E-state index in [0.717, 1.165) is 12.2 Å². The molecule has 0 aliphatic rings. The van der Waals surface area contributed by atoms with Gasteiger partial charge in [-0.15, -0.1) is 0 Å². The Morgan fingerprint density at radius 2 is 2.00 bits per heavy atom. The van der Waals surface area contributed by atoms with Crippen molar-refractivity contribution >= 4 is 11.9 Å². The van der Waals surface area contributed by atoms with Gasteiger partial charge in [-0.1, -0.05) is 0 Å². The van der Waals surface area contributed by atoms with E-state index in [-0.39, 0.29) is 11.9 Å². The Hall–Kier alpha value is -1.36. The number of nitrogens with zero attached hydrogens (tertiary/aromatic N) is 1. The number of carboxylic acids is 1. The molecule has 0 radical (unpaired) electrons. The minimum atomic E-state index is -1.12. The van der Waals surface area contributed by atoms with Crippen molar-refractivity contribution in [3.63, 3.8) is 0 Å². The quantitative estimate of drug-likeness (QED) is 0.597. The minimum Gasteiger partial charge on any atom is -0.478 e. The molecule has 0 aliphatic carbocycles. The third kappa shape index (κ3) is 7.30. The number of carbonyl (C=O) groups excluding carboxylic acids is 1. The van der Waals surface area contributed by atoms with Gasteiger partial charge in [0, 0.05) is 24.7 Å². The van der Waals surface area contributed by atoms with Crippen LogP contribution in [0.4, 0.5) is 0 Å². The van der Waals surface area contributed by atoms with Gasteiger partial charge in [0.05, 0.1) is 0 Å². The van der Waals surface area contributed by atoms with Gasteiger partial charge in [-0.2, -0.15) is 0 Å². The summed E-state index contributed by atoms with van der Waals surface area (Å²) in [7, 11) is 3.80. The molecule has 14 heavy (non-hydrogen) atoms. The molecule has 0 aromatic heterocycles. The van der Waals surface area contributed by atoms with Crippen molar-refractivity contribution in [2.45, 2.75) is 13.0 Å². The van der Waals surface area contributed by atoms with Crippen LogP contribution in [-0.4, -0.2) is 48.6 Å². The molecule has 5 heteroatoms. The van der Waals surface area contributed by atoms with Gasteiger partial charge in [-0.3, -0.25) is 4.79 Å². The molecule has 0 saturated carbocycles.